The topological polar surface area (TPSA) is 3.24 Å². The first-order valence-corrected chi connectivity index (χ1v) is 9.39. The van der Waals surface area contributed by atoms with E-state index in [1.807, 2.05) is 0 Å². The molecule has 1 heterocycles. The predicted molar refractivity (Wildman–Crippen MR) is 65.1 cm³/mol. The third-order valence-electron chi connectivity index (χ3n) is 4.48. The fourth-order valence-corrected chi connectivity index (χ4v) is 8.47. The molecule has 0 atom stereocenters. The Labute approximate surface area is 90.0 Å². The van der Waals surface area contributed by atoms with E-state index >= 15 is 0 Å². The lowest BCUT2D eigenvalue weighted by Gasteiger charge is -2.40. The zero-order valence-electron chi connectivity index (χ0n) is 9.89. The highest BCUT2D eigenvalue weighted by atomic mass is 28.3. The second-order valence-corrected chi connectivity index (χ2v) is 10.00. The van der Waals surface area contributed by atoms with Gasteiger partial charge in [0.25, 0.3) is 0 Å². The molecule has 2 fully saturated rings. The molecule has 0 aromatic heterocycles. The minimum absolute atomic E-state index is 0.947. The van der Waals surface area contributed by atoms with Gasteiger partial charge < -0.3 is 4.57 Å². The Morgan fingerprint density at radius 1 is 1.07 bits per heavy atom. The molecule has 0 amide bonds. The minimum atomic E-state index is -0.947. The fourth-order valence-electron chi connectivity index (χ4n) is 3.72. The number of hydrogen-bond acceptors (Lipinski definition) is 1. The maximum atomic E-state index is 2.97. The van der Waals surface area contributed by atoms with E-state index in [9.17, 15) is 0 Å². The summed E-state index contributed by atoms with van der Waals surface area (Å²) in [6, 6.07) is 4.14. The van der Waals surface area contributed by atoms with Crippen molar-refractivity contribution in [2.75, 3.05) is 6.54 Å². The van der Waals surface area contributed by atoms with Crippen molar-refractivity contribution >= 4 is 8.24 Å². The van der Waals surface area contributed by atoms with Gasteiger partial charge in [0.1, 0.15) is 8.24 Å². The Kier molecular flexibility index (Phi) is 3.33. The van der Waals surface area contributed by atoms with Gasteiger partial charge in [0.15, 0.2) is 0 Å². The van der Waals surface area contributed by atoms with E-state index in [1.54, 1.807) is 12.1 Å². The highest BCUT2D eigenvalue weighted by Crippen LogP contribution is 2.37. The normalized spacial score (nSPS) is 27.6. The van der Waals surface area contributed by atoms with Crippen LogP contribution < -0.4 is 0 Å². The minimum Gasteiger partial charge on any atom is -0.321 e. The standard InChI is InChI=1S/C12H25NSi/c1-3-13(12-8-4-5-9-12)14(2)10-6-7-11-14/h12H,3-11H2,1-2H3. The molecule has 0 unspecified atom stereocenters. The van der Waals surface area contributed by atoms with Crippen LogP contribution in [0.15, 0.2) is 0 Å². The summed E-state index contributed by atoms with van der Waals surface area (Å²) in [5.74, 6) is 0. The molecule has 1 nitrogen and oxygen atoms in total. The van der Waals surface area contributed by atoms with E-state index in [0.717, 1.165) is 6.04 Å². The number of rotatable bonds is 3. The molecule has 0 radical (unpaired) electrons. The van der Waals surface area contributed by atoms with Crippen LogP contribution in [-0.2, 0) is 0 Å². The van der Waals surface area contributed by atoms with Gasteiger partial charge in [-0.25, -0.2) is 0 Å². The van der Waals surface area contributed by atoms with Crippen LogP contribution in [0.25, 0.3) is 0 Å². The second-order valence-electron chi connectivity index (χ2n) is 5.43. The van der Waals surface area contributed by atoms with Crippen molar-refractivity contribution < 1.29 is 0 Å². The maximum absolute atomic E-state index is 2.97. The molecule has 2 heteroatoms. The molecule has 1 saturated heterocycles. The molecule has 1 saturated carbocycles. The first kappa shape index (κ1) is 10.7. The van der Waals surface area contributed by atoms with Crippen LogP contribution in [0.4, 0.5) is 0 Å². The lowest BCUT2D eigenvalue weighted by Crippen LogP contribution is -2.53. The van der Waals surface area contributed by atoms with Crippen molar-refractivity contribution in [1.29, 1.82) is 0 Å². The lowest BCUT2D eigenvalue weighted by atomic mass is 10.2. The summed E-state index contributed by atoms with van der Waals surface area (Å²) in [4.78, 5) is 0. The summed E-state index contributed by atoms with van der Waals surface area (Å²) < 4.78 is 2.97. The molecular formula is C12H25NSi. The van der Waals surface area contributed by atoms with Gasteiger partial charge in [-0.3, -0.25) is 0 Å². The highest BCUT2D eigenvalue weighted by Gasteiger charge is 2.40. The zero-order chi connectivity index (χ0) is 10.0. The molecule has 0 spiro atoms. The molecule has 0 aromatic carbocycles. The van der Waals surface area contributed by atoms with Crippen LogP contribution in [0.1, 0.15) is 45.4 Å². The van der Waals surface area contributed by atoms with Crippen molar-refractivity contribution in [3.05, 3.63) is 0 Å². The monoisotopic (exact) mass is 211 g/mol. The number of nitrogens with zero attached hydrogens (tertiary/aromatic N) is 1. The van der Waals surface area contributed by atoms with Gasteiger partial charge in [0.05, 0.1) is 0 Å². The Balaban J connectivity index is 2.03. The van der Waals surface area contributed by atoms with E-state index in [4.69, 9.17) is 0 Å². The average Bonchev–Trinajstić information content (AvgIpc) is 2.78. The van der Waals surface area contributed by atoms with Crippen molar-refractivity contribution in [1.82, 2.24) is 4.57 Å². The average molecular weight is 211 g/mol. The third-order valence-corrected chi connectivity index (χ3v) is 9.41. The Morgan fingerprint density at radius 2 is 1.64 bits per heavy atom. The van der Waals surface area contributed by atoms with Crippen LogP contribution in [0.5, 0.6) is 0 Å². The van der Waals surface area contributed by atoms with Gasteiger partial charge in [-0.1, -0.05) is 39.2 Å². The molecule has 1 aliphatic heterocycles. The van der Waals surface area contributed by atoms with Gasteiger partial charge in [-0.2, -0.15) is 0 Å². The molecule has 0 bridgehead atoms. The molecule has 2 aliphatic rings. The van der Waals surface area contributed by atoms with Crippen molar-refractivity contribution in [3.8, 4) is 0 Å². The van der Waals surface area contributed by atoms with E-state index in [2.05, 4.69) is 18.0 Å². The molecule has 82 valence electrons. The van der Waals surface area contributed by atoms with Gasteiger partial charge in [0, 0.05) is 6.04 Å². The van der Waals surface area contributed by atoms with E-state index in [-0.39, 0.29) is 0 Å². The first-order chi connectivity index (χ1) is 6.76. The Morgan fingerprint density at radius 3 is 2.14 bits per heavy atom. The van der Waals surface area contributed by atoms with Gasteiger partial charge in [-0.05, 0) is 31.5 Å². The van der Waals surface area contributed by atoms with Gasteiger partial charge in [0.2, 0.25) is 0 Å². The Hall–Kier alpha value is 0.177. The summed E-state index contributed by atoms with van der Waals surface area (Å²) >= 11 is 0. The predicted octanol–water partition coefficient (Wildman–Crippen LogP) is 3.62. The van der Waals surface area contributed by atoms with E-state index in [1.165, 1.54) is 45.1 Å². The number of hydrogen-bond donors (Lipinski definition) is 0. The molecule has 2 rings (SSSR count). The maximum Gasteiger partial charge on any atom is 0.125 e. The van der Waals surface area contributed by atoms with Crippen molar-refractivity contribution in [2.45, 2.75) is 70.1 Å². The zero-order valence-corrected chi connectivity index (χ0v) is 10.9. The van der Waals surface area contributed by atoms with Crippen LogP contribution in [0.3, 0.4) is 0 Å². The van der Waals surface area contributed by atoms with Gasteiger partial charge in [-0.15, -0.1) is 0 Å². The fraction of sp³-hybridized carbons (Fsp3) is 1.00. The summed E-state index contributed by atoms with van der Waals surface area (Å²) in [6.45, 7) is 6.35. The first-order valence-electron chi connectivity index (χ1n) is 6.53. The van der Waals surface area contributed by atoms with Crippen LogP contribution >= 0.6 is 0 Å². The summed E-state index contributed by atoms with van der Waals surface area (Å²) in [5.41, 5.74) is 0. The second kappa shape index (κ2) is 4.36. The van der Waals surface area contributed by atoms with Crippen molar-refractivity contribution in [2.24, 2.45) is 0 Å². The summed E-state index contributed by atoms with van der Waals surface area (Å²) in [6.07, 6.45) is 9.02. The molecule has 14 heavy (non-hydrogen) atoms. The lowest BCUT2D eigenvalue weighted by molar-refractivity contribution is 0.329. The van der Waals surface area contributed by atoms with E-state index in [0.29, 0.717) is 0 Å². The smallest absolute Gasteiger partial charge is 0.125 e. The summed E-state index contributed by atoms with van der Waals surface area (Å²) in [5, 5.41) is 0. The van der Waals surface area contributed by atoms with E-state index < -0.39 is 8.24 Å². The largest absolute Gasteiger partial charge is 0.321 e. The van der Waals surface area contributed by atoms with Gasteiger partial charge >= 0.3 is 0 Å². The highest BCUT2D eigenvalue weighted by molar-refractivity contribution is 6.76. The quantitative estimate of drug-likeness (QED) is 0.645. The molecule has 1 aliphatic carbocycles. The Bertz CT molecular complexity index is 181. The van der Waals surface area contributed by atoms with Crippen molar-refractivity contribution in [3.63, 3.8) is 0 Å². The molecule has 0 aromatic rings. The molecular weight excluding hydrogens is 186 g/mol. The SMILES string of the molecule is CCN(C1CCCC1)[Si]1(C)CCCC1. The third kappa shape index (κ3) is 1.92. The molecule has 0 N–H and O–H groups in total. The van der Waals surface area contributed by atoms with Crippen LogP contribution in [0, 0.1) is 0 Å². The summed E-state index contributed by atoms with van der Waals surface area (Å²) in [7, 11) is -0.947. The van der Waals surface area contributed by atoms with Crippen LogP contribution in [0.2, 0.25) is 18.6 Å². The van der Waals surface area contributed by atoms with Crippen LogP contribution in [-0.4, -0.2) is 25.4 Å².